The van der Waals surface area contributed by atoms with Gasteiger partial charge in [0.15, 0.2) is 0 Å². The van der Waals surface area contributed by atoms with Crippen LogP contribution in [-0.2, 0) is 0 Å². The summed E-state index contributed by atoms with van der Waals surface area (Å²) in [6, 6.07) is 22.7. The van der Waals surface area contributed by atoms with Crippen LogP contribution < -0.4 is 0 Å². The molecule has 138 valence electrons. The van der Waals surface area contributed by atoms with Crippen molar-refractivity contribution in [1.82, 2.24) is 4.90 Å². The number of hydrogen-bond donors (Lipinski definition) is 0. The molecule has 4 rings (SSSR count). The second-order valence-corrected chi connectivity index (χ2v) is 8.24. The van der Waals surface area contributed by atoms with Crippen LogP contribution in [0.5, 0.6) is 0 Å². The smallest absolute Gasteiger partial charge is 0.0133 e. The summed E-state index contributed by atoms with van der Waals surface area (Å²) in [7, 11) is 0. The fourth-order valence-electron chi connectivity index (χ4n) is 4.26. The van der Waals surface area contributed by atoms with Crippen LogP contribution in [0.25, 0.3) is 5.57 Å². The molecule has 2 aliphatic rings. The fraction of sp³-hybridized carbons (Fsp3) is 0.417. The van der Waals surface area contributed by atoms with E-state index in [1.807, 2.05) is 6.92 Å². The second kappa shape index (κ2) is 10.1. The van der Waals surface area contributed by atoms with E-state index >= 15 is 0 Å². The SMILES string of the molecule is CCBr.c1ccc(C(=C2CCN3CCCCC3C2)c2ccccc2)cc1. The van der Waals surface area contributed by atoms with Crippen LogP contribution >= 0.6 is 15.9 Å². The highest BCUT2D eigenvalue weighted by Crippen LogP contribution is 2.36. The van der Waals surface area contributed by atoms with Gasteiger partial charge in [0, 0.05) is 17.9 Å². The van der Waals surface area contributed by atoms with Crippen LogP contribution in [0.2, 0.25) is 0 Å². The molecule has 2 saturated heterocycles. The highest BCUT2D eigenvalue weighted by molar-refractivity contribution is 9.09. The van der Waals surface area contributed by atoms with Gasteiger partial charge in [-0.25, -0.2) is 0 Å². The first-order valence-electron chi connectivity index (χ1n) is 9.96. The lowest BCUT2D eigenvalue weighted by Crippen LogP contribution is -2.43. The van der Waals surface area contributed by atoms with Gasteiger partial charge in [0.1, 0.15) is 0 Å². The van der Waals surface area contributed by atoms with Crippen LogP contribution in [0, 0.1) is 0 Å². The van der Waals surface area contributed by atoms with Crippen LogP contribution in [0.1, 0.15) is 50.2 Å². The third-order valence-electron chi connectivity index (χ3n) is 5.41. The molecule has 0 bridgehead atoms. The topological polar surface area (TPSA) is 3.24 Å². The van der Waals surface area contributed by atoms with Gasteiger partial charge in [0.2, 0.25) is 0 Å². The van der Waals surface area contributed by atoms with Crippen molar-refractivity contribution in [1.29, 1.82) is 0 Å². The van der Waals surface area contributed by atoms with Crippen molar-refractivity contribution in [2.75, 3.05) is 18.4 Å². The first kappa shape index (κ1) is 19.4. The van der Waals surface area contributed by atoms with E-state index in [9.17, 15) is 0 Å². The van der Waals surface area contributed by atoms with Crippen LogP contribution in [0.3, 0.4) is 0 Å². The van der Waals surface area contributed by atoms with Crippen molar-refractivity contribution < 1.29 is 0 Å². The zero-order valence-electron chi connectivity index (χ0n) is 15.8. The Morgan fingerprint density at radius 1 is 0.923 bits per heavy atom. The largest absolute Gasteiger partial charge is 0.300 e. The Labute approximate surface area is 167 Å². The average Bonchev–Trinajstić information content (AvgIpc) is 2.70. The Morgan fingerprint density at radius 3 is 2.08 bits per heavy atom. The van der Waals surface area contributed by atoms with Crippen molar-refractivity contribution >= 4 is 21.5 Å². The quantitative estimate of drug-likeness (QED) is 0.507. The standard InChI is InChI=1S/C22H25N.C2H5Br/c1-3-9-18(10-4-1)22(19-11-5-2-6-12-19)20-14-16-23-15-8-7-13-21(23)17-20;1-2-3/h1-6,9-12,21H,7-8,13-17H2;2H2,1H3. The van der Waals surface area contributed by atoms with E-state index in [2.05, 4.69) is 81.5 Å². The van der Waals surface area contributed by atoms with Gasteiger partial charge in [0.25, 0.3) is 0 Å². The highest BCUT2D eigenvalue weighted by atomic mass is 79.9. The summed E-state index contributed by atoms with van der Waals surface area (Å²) in [5.41, 5.74) is 5.89. The molecule has 0 spiro atoms. The van der Waals surface area contributed by atoms with E-state index in [-0.39, 0.29) is 0 Å². The predicted octanol–water partition coefficient (Wildman–Crippen LogP) is 6.54. The molecule has 0 aromatic heterocycles. The van der Waals surface area contributed by atoms with Gasteiger partial charge >= 0.3 is 0 Å². The van der Waals surface area contributed by atoms with Crippen LogP contribution in [-0.4, -0.2) is 29.4 Å². The summed E-state index contributed by atoms with van der Waals surface area (Å²) in [6.07, 6.45) is 6.63. The van der Waals surface area contributed by atoms with E-state index in [1.165, 1.54) is 61.9 Å². The summed E-state index contributed by atoms with van der Waals surface area (Å²) >= 11 is 3.15. The fourth-order valence-corrected chi connectivity index (χ4v) is 4.26. The minimum Gasteiger partial charge on any atom is -0.300 e. The molecule has 1 unspecified atom stereocenters. The number of nitrogens with zero attached hydrogens (tertiary/aromatic N) is 1. The molecule has 1 nitrogen and oxygen atoms in total. The van der Waals surface area contributed by atoms with Crippen molar-refractivity contribution in [2.24, 2.45) is 0 Å². The molecule has 0 amide bonds. The van der Waals surface area contributed by atoms with Crippen molar-refractivity contribution in [3.8, 4) is 0 Å². The number of alkyl halides is 1. The van der Waals surface area contributed by atoms with Crippen LogP contribution in [0.4, 0.5) is 0 Å². The summed E-state index contributed by atoms with van der Waals surface area (Å²) < 4.78 is 0. The Bertz CT molecular complexity index is 651. The monoisotopic (exact) mass is 411 g/mol. The number of piperidine rings is 2. The number of hydrogen-bond acceptors (Lipinski definition) is 1. The summed E-state index contributed by atoms with van der Waals surface area (Å²) in [6.45, 7) is 4.59. The molecule has 0 radical (unpaired) electrons. The summed E-state index contributed by atoms with van der Waals surface area (Å²) in [5, 5.41) is 1.06. The number of rotatable bonds is 2. The molecule has 2 aromatic carbocycles. The lowest BCUT2D eigenvalue weighted by atomic mass is 9.83. The molecule has 26 heavy (non-hydrogen) atoms. The third-order valence-corrected chi connectivity index (χ3v) is 5.41. The van der Waals surface area contributed by atoms with E-state index in [0.717, 1.165) is 11.4 Å². The molecule has 0 saturated carbocycles. The maximum absolute atomic E-state index is 3.15. The van der Waals surface area contributed by atoms with Crippen LogP contribution in [0.15, 0.2) is 66.2 Å². The average molecular weight is 412 g/mol. The predicted molar refractivity (Wildman–Crippen MR) is 117 cm³/mol. The van der Waals surface area contributed by atoms with Crippen molar-refractivity contribution in [2.45, 2.75) is 45.1 Å². The zero-order valence-corrected chi connectivity index (χ0v) is 17.4. The van der Waals surface area contributed by atoms with Gasteiger partial charge in [0.05, 0.1) is 0 Å². The van der Waals surface area contributed by atoms with Gasteiger partial charge in [-0.05, 0) is 48.9 Å². The molecule has 2 heteroatoms. The Hall–Kier alpha value is -1.38. The number of fused-ring (bicyclic) bond motifs is 1. The van der Waals surface area contributed by atoms with Crippen molar-refractivity contribution in [3.05, 3.63) is 77.4 Å². The number of halogens is 1. The van der Waals surface area contributed by atoms with E-state index in [4.69, 9.17) is 0 Å². The van der Waals surface area contributed by atoms with Gasteiger partial charge < -0.3 is 0 Å². The maximum Gasteiger partial charge on any atom is 0.0133 e. The van der Waals surface area contributed by atoms with Gasteiger partial charge in [-0.15, -0.1) is 0 Å². The molecule has 1 atom stereocenters. The second-order valence-electron chi connectivity index (χ2n) is 7.12. The van der Waals surface area contributed by atoms with Crippen molar-refractivity contribution in [3.63, 3.8) is 0 Å². The summed E-state index contributed by atoms with van der Waals surface area (Å²) in [4.78, 5) is 2.72. The molecule has 2 aromatic rings. The van der Waals surface area contributed by atoms with Gasteiger partial charge in [-0.2, -0.15) is 0 Å². The van der Waals surface area contributed by atoms with Gasteiger partial charge in [-0.1, -0.05) is 95.5 Å². The minimum absolute atomic E-state index is 0.773. The normalized spacial score (nSPS) is 19.9. The Kier molecular flexibility index (Phi) is 7.52. The molecule has 0 N–H and O–H groups in total. The molecule has 2 fully saturated rings. The molecule has 2 aliphatic heterocycles. The minimum atomic E-state index is 0.773. The Morgan fingerprint density at radius 2 is 1.50 bits per heavy atom. The van der Waals surface area contributed by atoms with E-state index in [1.54, 1.807) is 5.57 Å². The maximum atomic E-state index is 3.15. The lowest BCUT2D eigenvalue weighted by molar-refractivity contribution is 0.130. The molecule has 0 aliphatic carbocycles. The van der Waals surface area contributed by atoms with Gasteiger partial charge in [-0.3, -0.25) is 4.90 Å². The van der Waals surface area contributed by atoms with E-state index < -0.39 is 0 Å². The number of benzene rings is 2. The third kappa shape index (κ3) is 4.86. The first-order valence-corrected chi connectivity index (χ1v) is 11.1. The molecular weight excluding hydrogens is 382 g/mol. The zero-order chi connectivity index (χ0) is 18.2. The highest BCUT2D eigenvalue weighted by Gasteiger charge is 2.28. The lowest BCUT2D eigenvalue weighted by Gasteiger charge is -2.41. The first-order chi connectivity index (χ1) is 12.8. The van der Waals surface area contributed by atoms with E-state index in [0.29, 0.717) is 0 Å². The molecular formula is C24H30BrN. The molecule has 2 heterocycles. The Balaban J connectivity index is 0.000000613. The summed E-state index contributed by atoms with van der Waals surface area (Å²) in [5.74, 6) is 0.